The van der Waals surface area contributed by atoms with E-state index in [-0.39, 0.29) is 0 Å². The average Bonchev–Trinajstić information content (AvgIpc) is 2.92. The second-order valence-electron chi connectivity index (χ2n) is 5.99. The van der Waals surface area contributed by atoms with Crippen molar-refractivity contribution in [1.82, 2.24) is 25.9 Å². The number of carbonyl (C=O) groups excluding carboxylic acids is 2. The summed E-state index contributed by atoms with van der Waals surface area (Å²) in [5.41, 5.74) is 7.05. The topological polar surface area (TPSA) is 88.1 Å². The molecule has 0 atom stereocenters. The maximum absolute atomic E-state index is 11.9. The average molecular weight is 390 g/mol. The number of carbonyl (C=O) groups is 2. The van der Waals surface area contributed by atoms with Gasteiger partial charge in [-0.2, -0.15) is 5.10 Å². The molecule has 0 unspecified atom stereocenters. The van der Waals surface area contributed by atoms with Gasteiger partial charge in [0.05, 0.1) is 12.2 Å². The number of aromatic nitrogens is 2. The standard InChI is InChI=1S/C19H24ClN5O2/c1-3-4-12-21-19(27)23-22-17(26)11-10-16-14(2)24-25(18(16)20)13-15-8-6-5-7-9-15/h5-11H,3-4,12-13H2,1-2H3,(H,22,26)(H2,21,23,27). The molecule has 0 radical (unpaired) electrons. The Balaban J connectivity index is 1.92. The van der Waals surface area contributed by atoms with E-state index in [1.165, 1.54) is 6.08 Å². The Labute approximate surface area is 163 Å². The molecule has 0 aliphatic heterocycles. The molecule has 0 saturated heterocycles. The molecule has 0 aliphatic carbocycles. The van der Waals surface area contributed by atoms with Gasteiger partial charge in [-0.25, -0.2) is 14.9 Å². The van der Waals surface area contributed by atoms with E-state index in [1.807, 2.05) is 44.2 Å². The second-order valence-corrected chi connectivity index (χ2v) is 6.35. The molecule has 27 heavy (non-hydrogen) atoms. The third-order valence-corrected chi connectivity index (χ3v) is 4.20. The van der Waals surface area contributed by atoms with Gasteiger partial charge in [-0.3, -0.25) is 10.2 Å². The van der Waals surface area contributed by atoms with Crippen LogP contribution in [0, 0.1) is 6.92 Å². The number of urea groups is 1. The summed E-state index contributed by atoms with van der Waals surface area (Å²) in [7, 11) is 0. The third kappa shape index (κ3) is 6.45. The molecule has 7 nitrogen and oxygen atoms in total. The summed E-state index contributed by atoms with van der Waals surface area (Å²) in [5, 5.41) is 7.51. The van der Waals surface area contributed by atoms with Crippen LogP contribution in [-0.4, -0.2) is 28.3 Å². The minimum absolute atomic E-state index is 0.449. The van der Waals surface area contributed by atoms with Crippen molar-refractivity contribution in [2.45, 2.75) is 33.2 Å². The number of nitrogens with zero attached hydrogens (tertiary/aromatic N) is 2. The van der Waals surface area contributed by atoms with Gasteiger partial charge in [0.15, 0.2) is 0 Å². The summed E-state index contributed by atoms with van der Waals surface area (Å²) in [6.07, 6.45) is 4.74. The summed E-state index contributed by atoms with van der Waals surface area (Å²) in [6.45, 7) is 4.95. The Morgan fingerprint density at radius 2 is 1.96 bits per heavy atom. The fourth-order valence-electron chi connectivity index (χ4n) is 2.36. The Morgan fingerprint density at radius 1 is 1.22 bits per heavy atom. The van der Waals surface area contributed by atoms with Gasteiger partial charge in [0.1, 0.15) is 5.15 Å². The predicted molar refractivity (Wildman–Crippen MR) is 106 cm³/mol. The molecule has 2 rings (SSSR count). The van der Waals surface area contributed by atoms with E-state index in [4.69, 9.17) is 11.6 Å². The number of hydrogen-bond donors (Lipinski definition) is 3. The van der Waals surface area contributed by atoms with Crippen LogP contribution in [0.15, 0.2) is 36.4 Å². The second kappa shape index (κ2) is 10.4. The molecular weight excluding hydrogens is 366 g/mol. The van der Waals surface area contributed by atoms with E-state index >= 15 is 0 Å². The van der Waals surface area contributed by atoms with Crippen molar-refractivity contribution in [3.63, 3.8) is 0 Å². The smallest absolute Gasteiger partial charge is 0.333 e. The van der Waals surface area contributed by atoms with Crippen LogP contribution in [0.25, 0.3) is 6.08 Å². The molecule has 0 fully saturated rings. The highest BCUT2D eigenvalue weighted by Crippen LogP contribution is 2.22. The quantitative estimate of drug-likeness (QED) is 0.386. The van der Waals surface area contributed by atoms with E-state index in [2.05, 4.69) is 21.3 Å². The number of hydrazine groups is 1. The Hall–Kier alpha value is -2.80. The number of rotatable bonds is 7. The Bertz CT molecular complexity index is 802. The predicted octanol–water partition coefficient (Wildman–Crippen LogP) is 3.04. The number of benzene rings is 1. The highest BCUT2D eigenvalue weighted by Gasteiger charge is 2.12. The van der Waals surface area contributed by atoms with E-state index in [1.54, 1.807) is 10.8 Å². The molecule has 144 valence electrons. The van der Waals surface area contributed by atoms with Gasteiger partial charge in [-0.05, 0) is 25.0 Å². The number of aryl methyl sites for hydroxylation is 1. The highest BCUT2D eigenvalue weighted by molar-refractivity contribution is 6.31. The van der Waals surface area contributed by atoms with Crippen molar-refractivity contribution in [1.29, 1.82) is 0 Å². The van der Waals surface area contributed by atoms with Crippen molar-refractivity contribution in [3.05, 3.63) is 58.4 Å². The third-order valence-electron chi connectivity index (χ3n) is 3.80. The van der Waals surface area contributed by atoms with Gasteiger partial charge < -0.3 is 5.32 Å². The summed E-state index contributed by atoms with van der Waals surface area (Å²) in [4.78, 5) is 23.3. The van der Waals surface area contributed by atoms with Gasteiger partial charge in [0.25, 0.3) is 5.91 Å². The lowest BCUT2D eigenvalue weighted by Crippen LogP contribution is -2.46. The molecule has 3 N–H and O–H groups in total. The van der Waals surface area contributed by atoms with Gasteiger partial charge in [0, 0.05) is 18.2 Å². The van der Waals surface area contributed by atoms with Crippen LogP contribution in [0.1, 0.15) is 36.6 Å². The van der Waals surface area contributed by atoms with Crippen LogP contribution in [-0.2, 0) is 11.3 Å². The number of nitrogens with one attached hydrogen (secondary N) is 3. The van der Waals surface area contributed by atoms with Crippen molar-refractivity contribution in [2.75, 3.05) is 6.54 Å². The lowest BCUT2D eigenvalue weighted by molar-refractivity contribution is -0.117. The van der Waals surface area contributed by atoms with Gasteiger partial charge in [-0.15, -0.1) is 0 Å². The van der Waals surface area contributed by atoms with Crippen molar-refractivity contribution in [2.24, 2.45) is 0 Å². The maximum Gasteiger partial charge on any atom is 0.333 e. The van der Waals surface area contributed by atoms with E-state index in [9.17, 15) is 9.59 Å². The molecule has 0 saturated carbocycles. The van der Waals surface area contributed by atoms with E-state index < -0.39 is 11.9 Å². The maximum atomic E-state index is 11.9. The molecule has 0 aliphatic rings. The minimum Gasteiger partial charge on any atom is -0.337 e. The molecule has 0 spiro atoms. The summed E-state index contributed by atoms with van der Waals surface area (Å²) in [5.74, 6) is -0.466. The first-order valence-electron chi connectivity index (χ1n) is 8.80. The fourth-order valence-corrected chi connectivity index (χ4v) is 2.66. The van der Waals surface area contributed by atoms with Crippen molar-refractivity contribution >= 4 is 29.6 Å². The number of amides is 3. The lowest BCUT2D eigenvalue weighted by Gasteiger charge is -2.06. The zero-order valence-corrected chi connectivity index (χ0v) is 16.2. The van der Waals surface area contributed by atoms with Crippen LogP contribution in [0.5, 0.6) is 0 Å². The number of halogens is 1. The summed E-state index contributed by atoms with van der Waals surface area (Å²) < 4.78 is 1.68. The zero-order chi connectivity index (χ0) is 19.6. The van der Waals surface area contributed by atoms with Gasteiger partial charge in [-0.1, -0.05) is 55.3 Å². The van der Waals surface area contributed by atoms with Crippen LogP contribution < -0.4 is 16.2 Å². The molecule has 3 amide bonds. The van der Waals surface area contributed by atoms with Crippen LogP contribution >= 0.6 is 11.6 Å². The lowest BCUT2D eigenvalue weighted by atomic mass is 10.2. The monoisotopic (exact) mass is 389 g/mol. The molecule has 8 heteroatoms. The Morgan fingerprint density at radius 3 is 2.67 bits per heavy atom. The molecule has 1 heterocycles. The van der Waals surface area contributed by atoms with E-state index in [0.717, 1.165) is 18.4 Å². The first-order chi connectivity index (χ1) is 13.0. The van der Waals surface area contributed by atoms with Gasteiger partial charge in [0.2, 0.25) is 0 Å². The van der Waals surface area contributed by atoms with Crippen LogP contribution in [0.4, 0.5) is 4.79 Å². The first kappa shape index (κ1) is 20.5. The zero-order valence-electron chi connectivity index (χ0n) is 15.5. The fraction of sp³-hybridized carbons (Fsp3) is 0.316. The molecular formula is C19H24ClN5O2. The van der Waals surface area contributed by atoms with Crippen molar-refractivity contribution < 1.29 is 9.59 Å². The van der Waals surface area contributed by atoms with Gasteiger partial charge >= 0.3 is 6.03 Å². The molecule has 2 aromatic rings. The number of hydrogen-bond acceptors (Lipinski definition) is 3. The summed E-state index contributed by atoms with van der Waals surface area (Å²) in [6, 6.07) is 9.40. The molecule has 1 aromatic carbocycles. The van der Waals surface area contributed by atoms with Crippen LogP contribution in [0.2, 0.25) is 5.15 Å². The SMILES string of the molecule is CCCCNC(=O)NNC(=O)C=Cc1c(C)nn(Cc2ccccc2)c1Cl. The molecule has 0 bridgehead atoms. The minimum atomic E-state index is -0.466. The van der Waals surface area contributed by atoms with Crippen LogP contribution in [0.3, 0.4) is 0 Å². The normalized spacial score (nSPS) is 10.8. The Kier molecular flexibility index (Phi) is 7.88. The largest absolute Gasteiger partial charge is 0.337 e. The highest BCUT2D eigenvalue weighted by atomic mass is 35.5. The van der Waals surface area contributed by atoms with Crippen molar-refractivity contribution in [3.8, 4) is 0 Å². The molecule has 1 aromatic heterocycles. The first-order valence-corrected chi connectivity index (χ1v) is 9.17. The summed E-state index contributed by atoms with van der Waals surface area (Å²) >= 11 is 6.40. The van der Waals surface area contributed by atoms with E-state index in [0.29, 0.717) is 29.5 Å². The number of unbranched alkanes of at least 4 members (excludes halogenated alkanes) is 1.